The van der Waals surface area contributed by atoms with Gasteiger partial charge in [-0.1, -0.05) is 6.42 Å². The molecule has 0 radical (unpaired) electrons. The largest absolute Gasteiger partial charge is 0.397 e. The van der Waals surface area contributed by atoms with Gasteiger partial charge in [-0.05, 0) is 44.0 Å². The van der Waals surface area contributed by atoms with E-state index in [1.54, 1.807) is 6.07 Å². The predicted octanol–water partition coefficient (Wildman–Crippen LogP) is 2.18. The fraction of sp³-hybridized carbons (Fsp3) is 0.533. The molecular weight excluding hydrogens is 236 g/mol. The van der Waals surface area contributed by atoms with E-state index in [4.69, 9.17) is 11.0 Å². The summed E-state index contributed by atoms with van der Waals surface area (Å²) in [6, 6.07) is 8.77. The second-order valence-electron chi connectivity index (χ2n) is 5.55. The SMILES string of the molecule is N#Cc1ccc(NC2CCN3CCCCC23)c(N)c1. The van der Waals surface area contributed by atoms with Crippen molar-refractivity contribution in [3.63, 3.8) is 0 Å². The highest BCUT2D eigenvalue weighted by molar-refractivity contribution is 5.68. The zero-order valence-corrected chi connectivity index (χ0v) is 11.1. The molecule has 19 heavy (non-hydrogen) atoms. The zero-order valence-electron chi connectivity index (χ0n) is 11.1. The van der Waals surface area contributed by atoms with E-state index in [0.29, 0.717) is 23.3 Å². The molecule has 2 saturated heterocycles. The molecule has 0 spiro atoms. The number of nitrogens with two attached hydrogens (primary N) is 1. The Morgan fingerprint density at radius 2 is 2.16 bits per heavy atom. The number of fused-ring (bicyclic) bond motifs is 1. The quantitative estimate of drug-likeness (QED) is 0.796. The third kappa shape index (κ3) is 2.39. The molecule has 3 rings (SSSR count). The van der Waals surface area contributed by atoms with E-state index in [1.165, 1.54) is 38.8 Å². The van der Waals surface area contributed by atoms with Crippen molar-refractivity contribution in [2.75, 3.05) is 24.1 Å². The summed E-state index contributed by atoms with van der Waals surface area (Å²) in [5.74, 6) is 0. The fourth-order valence-corrected chi connectivity index (χ4v) is 3.38. The molecule has 3 N–H and O–H groups in total. The van der Waals surface area contributed by atoms with Crippen LogP contribution < -0.4 is 11.1 Å². The normalized spacial score (nSPS) is 26.7. The van der Waals surface area contributed by atoms with Crippen LogP contribution in [-0.4, -0.2) is 30.1 Å². The second-order valence-corrected chi connectivity index (χ2v) is 5.55. The number of nitrogens with zero attached hydrogens (tertiary/aromatic N) is 2. The lowest BCUT2D eigenvalue weighted by Gasteiger charge is -2.33. The number of benzene rings is 1. The zero-order chi connectivity index (χ0) is 13.2. The monoisotopic (exact) mass is 256 g/mol. The standard InChI is InChI=1S/C15H20N4/c16-10-11-4-5-13(12(17)9-11)18-14-6-8-19-7-2-1-3-15(14)19/h4-5,9,14-15,18H,1-3,6-8,17H2. The van der Waals surface area contributed by atoms with Crippen LogP contribution in [0.4, 0.5) is 11.4 Å². The van der Waals surface area contributed by atoms with Crippen molar-refractivity contribution < 1.29 is 0 Å². The molecule has 1 aromatic carbocycles. The number of nitriles is 1. The molecule has 0 saturated carbocycles. The van der Waals surface area contributed by atoms with Gasteiger partial charge in [-0.15, -0.1) is 0 Å². The molecule has 0 amide bonds. The van der Waals surface area contributed by atoms with Crippen molar-refractivity contribution in [1.82, 2.24) is 4.90 Å². The molecule has 1 aromatic rings. The Kier molecular flexibility index (Phi) is 3.31. The highest BCUT2D eigenvalue weighted by atomic mass is 15.2. The summed E-state index contributed by atoms with van der Waals surface area (Å²) in [5.41, 5.74) is 8.28. The maximum Gasteiger partial charge on any atom is 0.0992 e. The molecule has 2 aliphatic heterocycles. The summed E-state index contributed by atoms with van der Waals surface area (Å²) in [6.45, 7) is 2.43. The van der Waals surface area contributed by atoms with Crippen LogP contribution in [0.3, 0.4) is 0 Å². The van der Waals surface area contributed by atoms with Crippen LogP contribution in [0, 0.1) is 11.3 Å². The highest BCUT2D eigenvalue weighted by Gasteiger charge is 2.35. The van der Waals surface area contributed by atoms with Gasteiger partial charge in [0.05, 0.1) is 23.0 Å². The topological polar surface area (TPSA) is 65.1 Å². The van der Waals surface area contributed by atoms with Crippen molar-refractivity contribution in [3.8, 4) is 6.07 Å². The minimum absolute atomic E-state index is 0.496. The third-order valence-electron chi connectivity index (χ3n) is 4.38. The first-order chi connectivity index (χ1) is 9.28. The minimum atomic E-state index is 0.496. The number of hydrogen-bond acceptors (Lipinski definition) is 4. The van der Waals surface area contributed by atoms with E-state index < -0.39 is 0 Å². The molecule has 0 aliphatic carbocycles. The summed E-state index contributed by atoms with van der Waals surface area (Å²) >= 11 is 0. The Morgan fingerprint density at radius 1 is 1.26 bits per heavy atom. The Hall–Kier alpha value is -1.73. The molecule has 4 nitrogen and oxygen atoms in total. The molecule has 2 atom stereocenters. The summed E-state index contributed by atoms with van der Waals surface area (Å²) in [6.07, 6.45) is 5.14. The Labute approximate surface area is 114 Å². The number of piperidine rings is 1. The lowest BCUT2D eigenvalue weighted by molar-refractivity contribution is 0.193. The number of anilines is 2. The van der Waals surface area contributed by atoms with E-state index >= 15 is 0 Å². The minimum Gasteiger partial charge on any atom is -0.397 e. The maximum atomic E-state index is 8.86. The molecule has 2 heterocycles. The van der Waals surface area contributed by atoms with Crippen molar-refractivity contribution in [2.45, 2.75) is 37.8 Å². The van der Waals surface area contributed by atoms with Gasteiger partial charge < -0.3 is 11.1 Å². The Balaban J connectivity index is 1.73. The van der Waals surface area contributed by atoms with Crippen LogP contribution in [0.2, 0.25) is 0 Å². The van der Waals surface area contributed by atoms with Crippen LogP contribution in [0.15, 0.2) is 18.2 Å². The predicted molar refractivity (Wildman–Crippen MR) is 76.8 cm³/mol. The van der Waals surface area contributed by atoms with Crippen molar-refractivity contribution >= 4 is 11.4 Å². The second kappa shape index (κ2) is 5.10. The van der Waals surface area contributed by atoms with Crippen molar-refractivity contribution in [2.24, 2.45) is 0 Å². The van der Waals surface area contributed by atoms with Gasteiger partial charge in [0.2, 0.25) is 0 Å². The summed E-state index contributed by atoms with van der Waals surface area (Å²) < 4.78 is 0. The van der Waals surface area contributed by atoms with Gasteiger partial charge >= 0.3 is 0 Å². The molecular formula is C15H20N4. The van der Waals surface area contributed by atoms with E-state index in [2.05, 4.69) is 16.3 Å². The highest BCUT2D eigenvalue weighted by Crippen LogP contribution is 2.31. The van der Waals surface area contributed by atoms with Crippen molar-refractivity contribution in [1.29, 1.82) is 5.26 Å². The first kappa shape index (κ1) is 12.3. The van der Waals surface area contributed by atoms with E-state index in [9.17, 15) is 0 Å². The van der Waals surface area contributed by atoms with Gasteiger partial charge in [0, 0.05) is 18.6 Å². The van der Waals surface area contributed by atoms with E-state index in [1.807, 2.05) is 12.1 Å². The summed E-state index contributed by atoms with van der Waals surface area (Å²) in [7, 11) is 0. The van der Waals surface area contributed by atoms with Crippen LogP contribution >= 0.6 is 0 Å². The molecule has 2 aliphatic rings. The summed E-state index contributed by atoms with van der Waals surface area (Å²) in [5, 5.41) is 12.4. The van der Waals surface area contributed by atoms with Crippen LogP contribution in [0.5, 0.6) is 0 Å². The number of rotatable bonds is 2. The van der Waals surface area contributed by atoms with E-state index in [0.717, 1.165) is 5.69 Å². The van der Waals surface area contributed by atoms with Gasteiger partial charge in [0.25, 0.3) is 0 Å². The van der Waals surface area contributed by atoms with Crippen molar-refractivity contribution in [3.05, 3.63) is 23.8 Å². The van der Waals surface area contributed by atoms with Gasteiger partial charge in [0.1, 0.15) is 0 Å². The van der Waals surface area contributed by atoms with Gasteiger partial charge in [-0.2, -0.15) is 5.26 Å². The number of hydrogen-bond donors (Lipinski definition) is 2. The third-order valence-corrected chi connectivity index (χ3v) is 4.38. The Bertz CT molecular complexity index is 505. The number of nitrogen functional groups attached to an aromatic ring is 1. The van der Waals surface area contributed by atoms with E-state index in [-0.39, 0.29) is 0 Å². The summed E-state index contributed by atoms with van der Waals surface area (Å²) in [4.78, 5) is 2.60. The molecule has 0 bridgehead atoms. The molecule has 0 aromatic heterocycles. The van der Waals surface area contributed by atoms with Gasteiger partial charge in [-0.25, -0.2) is 0 Å². The van der Waals surface area contributed by atoms with Crippen LogP contribution in [0.1, 0.15) is 31.2 Å². The maximum absolute atomic E-state index is 8.86. The molecule has 2 fully saturated rings. The average molecular weight is 256 g/mol. The molecule has 4 heteroatoms. The lowest BCUT2D eigenvalue weighted by atomic mass is 9.98. The average Bonchev–Trinajstić information content (AvgIpc) is 2.84. The first-order valence-electron chi connectivity index (χ1n) is 7.08. The van der Waals surface area contributed by atoms with Crippen LogP contribution in [0.25, 0.3) is 0 Å². The smallest absolute Gasteiger partial charge is 0.0992 e. The fourth-order valence-electron chi connectivity index (χ4n) is 3.38. The first-order valence-corrected chi connectivity index (χ1v) is 7.08. The Morgan fingerprint density at radius 3 is 2.95 bits per heavy atom. The molecule has 100 valence electrons. The van der Waals surface area contributed by atoms with Crippen LogP contribution in [-0.2, 0) is 0 Å². The number of nitrogens with one attached hydrogen (secondary N) is 1. The van der Waals surface area contributed by atoms with Gasteiger partial charge in [0.15, 0.2) is 0 Å². The lowest BCUT2D eigenvalue weighted by Crippen LogP contribution is -2.41. The van der Waals surface area contributed by atoms with Gasteiger partial charge in [-0.3, -0.25) is 4.90 Å². The molecule has 2 unspecified atom stereocenters.